The van der Waals surface area contributed by atoms with Gasteiger partial charge in [-0.05, 0) is 28.3 Å². The third-order valence-corrected chi connectivity index (χ3v) is 5.50. The third kappa shape index (κ3) is 4.35. The number of aromatic nitrogens is 7. The Labute approximate surface area is 212 Å². The smallest absolute Gasteiger partial charge is 0.662 e. The van der Waals surface area contributed by atoms with Gasteiger partial charge in [-0.3, -0.25) is 4.40 Å². The first-order valence-electron chi connectivity index (χ1n) is 10.4. The second-order valence-corrected chi connectivity index (χ2v) is 7.59. The second kappa shape index (κ2) is 9.70. The summed E-state index contributed by atoms with van der Waals surface area (Å²) in [5.41, 5.74) is 13.6. The minimum Gasteiger partial charge on any atom is -0.662 e. The number of tetrazole rings is 1. The molecule has 3 aromatic heterocycles. The molecule has 0 unspecified atom stereocenters. The molecule has 0 atom stereocenters. The topological polar surface area (TPSA) is 118 Å². The fourth-order valence-corrected chi connectivity index (χ4v) is 4.05. The third-order valence-electron chi connectivity index (χ3n) is 5.50. The van der Waals surface area contributed by atoms with E-state index in [-0.39, 0.29) is 35.3 Å². The van der Waals surface area contributed by atoms with Crippen LogP contribution in [-0.4, -0.2) is 40.5 Å². The van der Waals surface area contributed by atoms with Gasteiger partial charge in [0.25, 0.3) is 0 Å². The van der Waals surface area contributed by atoms with E-state index in [0.29, 0.717) is 18.0 Å². The van der Waals surface area contributed by atoms with Gasteiger partial charge in [0.2, 0.25) is 5.82 Å². The van der Waals surface area contributed by atoms with Crippen LogP contribution in [0.25, 0.3) is 33.9 Å². The van der Waals surface area contributed by atoms with Crippen LogP contribution in [-0.2, 0) is 13.0 Å². The molecule has 160 valence electrons. The number of nitrogens with one attached hydrogen (secondary N) is 2. The maximum Gasteiger partial charge on any atom is 1.00 e. The molecule has 2 aromatic carbocycles. The molecule has 9 nitrogen and oxygen atoms in total. The van der Waals surface area contributed by atoms with Crippen LogP contribution in [0, 0.1) is 0 Å². The summed E-state index contributed by atoms with van der Waals surface area (Å²) in [5, 5.41) is 14.4. The Morgan fingerprint density at radius 3 is 2.52 bits per heavy atom. The summed E-state index contributed by atoms with van der Waals surface area (Å²) < 4.78 is 3.92. The number of benzene rings is 2. The molecule has 3 heterocycles. The molecule has 0 radical (unpaired) electrons. The van der Waals surface area contributed by atoms with Crippen molar-refractivity contribution < 1.29 is 34.4 Å². The molecule has 5 rings (SSSR count). The first kappa shape index (κ1) is 22.9. The van der Waals surface area contributed by atoms with E-state index in [9.17, 15) is 4.79 Å². The number of carbonyl (C=O) groups excluding carboxylic acids is 1. The predicted molar refractivity (Wildman–Crippen MR) is 120 cm³/mol. The fourth-order valence-electron chi connectivity index (χ4n) is 4.05. The van der Waals surface area contributed by atoms with Gasteiger partial charge in [0, 0.05) is 24.0 Å². The first-order chi connectivity index (χ1) is 15.7. The van der Waals surface area contributed by atoms with E-state index in [1.165, 1.54) is 0 Å². The van der Waals surface area contributed by atoms with Gasteiger partial charge in [0.1, 0.15) is 23.6 Å². The quantitative estimate of drug-likeness (QED) is 0.375. The minimum atomic E-state index is -0.775. The maximum atomic E-state index is 11.8. The molecule has 1 amide bonds. The molecule has 0 fully saturated rings. The van der Waals surface area contributed by atoms with Gasteiger partial charge in [0.15, 0.2) is 0 Å². The van der Waals surface area contributed by atoms with Gasteiger partial charge in [-0.15, -0.1) is 10.2 Å². The van der Waals surface area contributed by atoms with Crippen LogP contribution < -0.4 is 29.6 Å². The summed E-state index contributed by atoms with van der Waals surface area (Å²) in [4.78, 5) is 15.9. The van der Waals surface area contributed by atoms with Crippen LogP contribution in [0.15, 0.2) is 61.1 Å². The number of imidazole rings is 2. The molecule has 0 spiro atoms. The zero-order valence-corrected chi connectivity index (χ0v) is 20.5. The molecule has 0 aliphatic heterocycles. The van der Waals surface area contributed by atoms with Crippen molar-refractivity contribution in [1.82, 2.24) is 34.6 Å². The molecular formula is C23H21N8NaO. The number of hydrogen-bond acceptors (Lipinski definition) is 5. The van der Waals surface area contributed by atoms with E-state index < -0.39 is 5.91 Å². The van der Waals surface area contributed by atoms with Gasteiger partial charge in [0.05, 0.1) is 0 Å². The van der Waals surface area contributed by atoms with Crippen LogP contribution in [0.2, 0.25) is 0 Å². The van der Waals surface area contributed by atoms with Crippen molar-refractivity contribution in [1.29, 1.82) is 0 Å². The number of amides is 1. The average molecular weight is 448 g/mol. The van der Waals surface area contributed by atoms with E-state index in [0.717, 1.165) is 40.8 Å². The number of rotatable bonds is 7. The standard InChI is InChI=1S/C23H22N8O.Na/c1-2-5-17-13-30-14-25-20(21(24)32)23(30)31(17)12-15-8-10-16(11-9-15)18-6-3-4-7-19(18)22-26-28-29-27-22;/h3-4,6-11,13-14H,2,5,12H2,1H3,(H3,24,26,27,28,29,32);/q;+1/p-1. The molecule has 33 heavy (non-hydrogen) atoms. The Morgan fingerprint density at radius 2 is 1.85 bits per heavy atom. The molecular weight excluding hydrogens is 427 g/mol. The summed E-state index contributed by atoms with van der Waals surface area (Å²) in [7, 11) is 0. The second-order valence-electron chi connectivity index (χ2n) is 7.59. The number of H-pyrrole nitrogens is 1. The summed E-state index contributed by atoms with van der Waals surface area (Å²) in [6.45, 7) is 2.71. The minimum absolute atomic E-state index is 0. The van der Waals surface area contributed by atoms with Crippen LogP contribution in [0.5, 0.6) is 0 Å². The molecule has 0 aliphatic rings. The van der Waals surface area contributed by atoms with E-state index in [1.807, 2.05) is 34.9 Å². The van der Waals surface area contributed by atoms with Crippen molar-refractivity contribution in [2.24, 2.45) is 0 Å². The van der Waals surface area contributed by atoms with Crippen LogP contribution in [0.3, 0.4) is 0 Å². The van der Waals surface area contributed by atoms with Crippen molar-refractivity contribution in [3.63, 3.8) is 0 Å². The number of carbonyl (C=O) groups is 1. The number of hydrogen-bond donors (Lipinski definition) is 1. The average Bonchev–Trinajstić information content (AvgIpc) is 3.53. The Balaban J connectivity index is 0.00000259. The zero-order valence-electron chi connectivity index (χ0n) is 18.5. The summed E-state index contributed by atoms with van der Waals surface area (Å²) in [5.74, 6) is -0.222. The predicted octanol–water partition coefficient (Wildman–Crippen LogP) is 1.18. The number of fused-ring (bicyclic) bond motifs is 1. The monoisotopic (exact) mass is 448 g/mol. The van der Waals surface area contributed by atoms with Crippen LogP contribution >= 0.6 is 0 Å². The van der Waals surface area contributed by atoms with E-state index >= 15 is 0 Å². The van der Waals surface area contributed by atoms with E-state index in [2.05, 4.69) is 61.4 Å². The van der Waals surface area contributed by atoms with E-state index in [4.69, 9.17) is 5.73 Å². The molecule has 0 saturated heterocycles. The van der Waals surface area contributed by atoms with Gasteiger partial charge in [-0.25, -0.2) is 4.98 Å². The maximum absolute atomic E-state index is 11.8. The molecule has 5 aromatic rings. The SMILES string of the molecule is CCCc1cn2cnc(C([NH-])=O)c2n1Cc1ccc(-c2ccccc2-c2nn[nH]n2)cc1.[Na+]. The largest absolute Gasteiger partial charge is 1.00 e. The zero-order chi connectivity index (χ0) is 22.1. The van der Waals surface area contributed by atoms with Crippen molar-refractivity contribution >= 4 is 11.6 Å². The van der Waals surface area contributed by atoms with Crippen molar-refractivity contribution in [3.05, 3.63) is 83.7 Å². The summed E-state index contributed by atoms with van der Waals surface area (Å²) >= 11 is 0. The number of nitrogens with zero attached hydrogens (tertiary/aromatic N) is 6. The van der Waals surface area contributed by atoms with Crippen molar-refractivity contribution in [3.8, 4) is 22.5 Å². The molecule has 0 bridgehead atoms. The van der Waals surface area contributed by atoms with Gasteiger partial charge in [-0.2, -0.15) is 5.21 Å². The Kier molecular flexibility index (Phi) is 6.73. The molecule has 10 heteroatoms. The molecule has 2 N–H and O–H groups in total. The summed E-state index contributed by atoms with van der Waals surface area (Å²) in [6, 6.07) is 16.2. The van der Waals surface area contributed by atoms with Crippen LogP contribution in [0.4, 0.5) is 0 Å². The fraction of sp³-hybridized carbons (Fsp3) is 0.174. The summed E-state index contributed by atoms with van der Waals surface area (Å²) in [6.07, 6.45) is 5.46. The molecule has 0 aliphatic carbocycles. The normalized spacial score (nSPS) is 10.9. The molecule has 0 saturated carbocycles. The van der Waals surface area contributed by atoms with E-state index in [1.54, 1.807) is 6.33 Å². The van der Waals surface area contributed by atoms with Gasteiger partial charge in [-0.1, -0.05) is 61.9 Å². The van der Waals surface area contributed by atoms with Crippen molar-refractivity contribution in [2.75, 3.05) is 0 Å². The van der Waals surface area contributed by atoms with Crippen LogP contribution in [0.1, 0.15) is 35.1 Å². The first-order valence-corrected chi connectivity index (χ1v) is 10.4. The Morgan fingerprint density at radius 1 is 1.09 bits per heavy atom. The van der Waals surface area contributed by atoms with Gasteiger partial charge >= 0.3 is 29.6 Å². The number of aryl methyl sites for hydroxylation is 1. The Bertz CT molecular complexity index is 1390. The van der Waals surface area contributed by atoms with Crippen molar-refractivity contribution in [2.45, 2.75) is 26.3 Å². The number of aromatic amines is 1. The Hall–Kier alpha value is -3.27. The van der Waals surface area contributed by atoms with Gasteiger partial charge < -0.3 is 15.1 Å².